The number of benzene rings is 2. The number of nitriles is 1. The van der Waals surface area contributed by atoms with Gasteiger partial charge in [-0.3, -0.25) is 14.4 Å². The molecule has 2 aromatic rings. The van der Waals surface area contributed by atoms with Crippen LogP contribution in [0.2, 0.25) is 0 Å². The SMILES string of the molecule is CN1C=C(c2cc(F)cc(C3(NC(=O)c4ccccc4CNC(=O)C(=O)NCC#N)CC3)c2)C=CCC1. The van der Waals surface area contributed by atoms with Gasteiger partial charge in [-0.05, 0) is 65.8 Å². The molecule has 8 nitrogen and oxygen atoms in total. The smallest absolute Gasteiger partial charge is 0.310 e. The number of hydrogen-bond donors (Lipinski definition) is 3. The summed E-state index contributed by atoms with van der Waals surface area (Å²) >= 11 is 0. The fourth-order valence-corrected chi connectivity index (χ4v) is 4.28. The zero-order valence-electron chi connectivity index (χ0n) is 20.5. The zero-order chi connectivity index (χ0) is 26.4. The highest BCUT2D eigenvalue weighted by molar-refractivity contribution is 6.35. The standard InChI is InChI=1S/C28H28FN5O3/c1-34-13-5-4-7-20(18-34)21-14-22(16-23(29)15-21)28(9-10-28)33-25(35)24-8-3-2-6-19(24)17-32-27(37)26(36)31-12-11-30/h2-4,6-8,14-16,18H,5,9-10,12-13,17H2,1H3,(H,31,36)(H,32,37)(H,33,35). The lowest BCUT2D eigenvalue weighted by molar-refractivity contribution is -0.139. The van der Waals surface area contributed by atoms with E-state index in [1.54, 1.807) is 30.3 Å². The molecule has 3 amide bonds. The lowest BCUT2D eigenvalue weighted by Gasteiger charge is -2.21. The van der Waals surface area contributed by atoms with Gasteiger partial charge in [0.2, 0.25) is 0 Å². The summed E-state index contributed by atoms with van der Waals surface area (Å²) in [6.45, 7) is 0.555. The molecule has 2 aromatic carbocycles. The fraction of sp³-hybridized carbons (Fsp3) is 0.286. The van der Waals surface area contributed by atoms with Gasteiger partial charge in [-0.2, -0.15) is 5.26 Å². The lowest BCUT2D eigenvalue weighted by Crippen LogP contribution is -2.40. The van der Waals surface area contributed by atoms with Gasteiger partial charge in [0.25, 0.3) is 5.91 Å². The number of hydrogen-bond acceptors (Lipinski definition) is 5. The predicted molar refractivity (Wildman–Crippen MR) is 136 cm³/mol. The Hall–Kier alpha value is -4.45. The molecule has 0 spiro atoms. The average Bonchev–Trinajstić information content (AvgIpc) is 3.70. The molecule has 4 rings (SSSR count). The topological polar surface area (TPSA) is 114 Å². The van der Waals surface area contributed by atoms with Gasteiger partial charge >= 0.3 is 11.8 Å². The molecule has 0 saturated heterocycles. The molecule has 1 aliphatic carbocycles. The van der Waals surface area contributed by atoms with Crippen LogP contribution in [0.1, 0.15) is 46.3 Å². The monoisotopic (exact) mass is 501 g/mol. The Labute approximate surface area is 214 Å². The second-order valence-corrected chi connectivity index (χ2v) is 9.20. The maximum atomic E-state index is 14.7. The van der Waals surface area contributed by atoms with Crippen molar-refractivity contribution in [1.29, 1.82) is 5.26 Å². The van der Waals surface area contributed by atoms with Crippen LogP contribution in [0.15, 0.2) is 60.8 Å². The van der Waals surface area contributed by atoms with Gasteiger partial charge in [0.15, 0.2) is 0 Å². The molecule has 0 atom stereocenters. The molecule has 190 valence electrons. The van der Waals surface area contributed by atoms with E-state index in [9.17, 15) is 18.8 Å². The molecule has 2 aliphatic rings. The van der Waals surface area contributed by atoms with Crippen LogP contribution in [0.5, 0.6) is 0 Å². The average molecular weight is 502 g/mol. The Bertz CT molecular complexity index is 1320. The first kappa shape index (κ1) is 25.6. The summed E-state index contributed by atoms with van der Waals surface area (Å²) in [5, 5.41) is 16.2. The number of halogens is 1. The molecule has 0 unspecified atom stereocenters. The van der Waals surface area contributed by atoms with E-state index in [0.29, 0.717) is 29.5 Å². The summed E-state index contributed by atoms with van der Waals surface area (Å²) in [4.78, 5) is 39.1. The second kappa shape index (κ2) is 11.1. The van der Waals surface area contributed by atoms with Crippen molar-refractivity contribution >= 4 is 23.3 Å². The number of amides is 3. The van der Waals surface area contributed by atoms with E-state index in [1.165, 1.54) is 12.1 Å². The van der Waals surface area contributed by atoms with Crippen molar-refractivity contribution in [3.63, 3.8) is 0 Å². The van der Waals surface area contributed by atoms with E-state index in [2.05, 4.69) is 26.9 Å². The summed E-state index contributed by atoms with van der Waals surface area (Å²) in [7, 11) is 1.98. The van der Waals surface area contributed by atoms with E-state index in [0.717, 1.165) is 24.1 Å². The molecule has 0 bridgehead atoms. The van der Waals surface area contributed by atoms with Gasteiger partial charge in [-0.25, -0.2) is 4.39 Å². The highest BCUT2D eigenvalue weighted by atomic mass is 19.1. The molecule has 37 heavy (non-hydrogen) atoms. The molecule has 0 aromatic heterocycles. The summed E-state index contributed by atoms with van der Waals surface area (Å²) in [5.74, 6) is -2.54. The summed E-state index contributed by atoms with van der Waals surface area (Å²) in [5.41, 5.74) is 2.55. The normalized spacial score (nSPS) is 15.6. The van der Waals surface area contributed by atoms with Crippen LogP contribution in [-0.4, -0.2) is 42.8 Å². The predicted octanol–water partition coefficient (Wildman–Crippen LogP) is 2.73. The van der Waals surface area contributed by atoms with Crippen molar-refractivity contribution in [3.05, 3.63) is 88.9 Å². The number of carbonyl (C=O) groups excluding carboxylic acids is 3. The van der Waals surface area contributed by atoms with Crippen LogP contribution < -0.4 is 16.0 Å². The van der Waals surface area contributed by atoms with Crippen molar-refractivity contribution in [3.8, 4) is 6.07 Å². The maximum Gasteiger partial charge on any atom is 0.310 e. The van der Waals surface area contributed by atoms with Crippen molar-refractivity contribution < 1.29 is 18.8 Å². The molecule has 0 radical (unpaired) electrons. The molecule has 1 saturated carbocycles. The molecular weight excluding hydrogens is 473 g/mol. The minimum Gasteiger partial charge on any atom is -0.380 e. The van der Waals surface area contributed by atoms with Crippen molar-refractivity contribution in [1.82, 2.24) is 20.9 Å². The number of carbonyl (C=O) groups is 3. The van der Waals surface area contributed by atoms with Crippen LogP contribution in [0.3, 0.4) is 0 Å². The van der Waals surface area contributed by atoms with Gasteiger partial charge in [-0.15, -0.1) is 0 Å². The first-order valence-electron chi connectivity index (χ1n) is 12.0. The van der Waals surface area contributed by atoms with E-state index in [4.69, 9.17) is 5.26 Å². The number of rotatable bonds is 7. The third kappa shape index (κ3) is 6.22. The highest BCUT2D eigenvalue weighted by Gasteiger charge is 2.46. The zero-order valence-corrected chi connectivity index (χ0v) is 20.5. The van der Waals surface area contributed by atoms with Crippen LogP contribution in [-0.2, 0) is 21.7 Å². The largest absolute Gasteiger partial charge is 0.380 e. The van der Waals surface area contributed by atoms with Crippen LogP contribution >= 0.6 is 0 Å². The van der Waals surface area contributed by atoms with Crippen LogP contribution in [0.25, 0.3) is 5.57 Å². The Kier molecular flexibility index (Phi) is 7.68. The Balaban J connectivity index is 1.51. The van der Waals surface area contributed by atoms with Gasteiger partial charge in [0, 0.05) is 31.9 Å². The molecule has 1 fully saturated rings. The Morgan fingerprint density at radius 3 is 2.62 bits per heavy atom. The quantitative estimate of drug-likeness (QED) is 0.399. The van der Waals surface area contributed by atoms with Gasteiger partial charge in [-0.1, -0.05) is 30.4 Å². The van der Waals surface area contributed by atoms with Gasteiger partial charge < -0.3 is 20.9 Å². The third-order valence-corrected chi connectivity index (χ3v) is 6.43. The van der Waals surface area contributed by atoms with E-state index in [-0.39, 0.29) is 24.8 Å². The maximum absolute atomic E-state index is 14.7. The van der Waals surface area contributed by atoms with Crippen molar-refractivity contribution in [2.45, 2.75) is 31.3 Å². The molecule has 9 heteroatoms. The molecule has 1 heterocycles. The van der Waals surface area contributed by atoms with Crippen LogP contribution in [0.4, 0.5) is 4.39 Å². The Morgan fingerprint density at radius 1 is 1.11 bits per heavy atom. The molecule has 3 N–H and O–H groups in total. The van der Waals surface area contributed by atoms with E-state index >= 15 is 0 Å². The number of allylic oxidation sites excluding steroid dienone is 2. The Morgan fingerprint density at radius 2 is 1.86 bits per heavy atom. The van der Waals surface area contributed by atoms with Crippen molar-refractivity contribution in [2.24, 2.45) is 0 Å². The fourth-order valence-electron chi connectivity index (χ4n) is 4.28. The van der Waals surface area contributed by atoms with Gasteiger partial charge in [0.1, 0.15) is 12.4 Å². The minimum atomic E-state index is -0.924. The second-order valence-electron chi connectivity index (χ2n) is 9.20. The number of nitrogens with zero attached hydrogens (tertiary/aromatic N) is 2. The van der Waals surface area contributed by atoms with Crippen LogP contribution in [0, 0.1) is 17.1 Å². The molecule has 1 aliphatic heterocycles. The summed E-state index contributed by atoms with van der Waals surface area (Å²) in [6, 6.07) is 13.4. The summed E-state index contributed by atoms with van der Waals surface area (Å²) in [6.07, 6.45) is 8.31. The lowest BCUT2D eigenvalue weighted by atomic mass is 9.97. The first-order valence-corrected chi connectivity index (χ1v) is 12.0. The van der Waals surface area contributed by atoms with Crippen molar-refractivity contribution in [2.75, 3.05) is 20.1 Å². The number of nitrogens with one attached hydrogen (secondary N) is 3. The molecular formula is C28H28FN5O3. The third-order valence-electron chi connectivity index (χ3n) is 6.43. The van der Waals surface area contributed by atoms with E-state index < -0.39 is 17.4 Å². The van der Waals surface area contributed by atoms with E-state index in [1.807, 2.05) is 25.4 Å². The minimum absolute atomic E-state index is 0.0481. The first-order chi connectivity index (χ1) is 17.8. The van der Waals surface area contributed by atoms with Gasteiger partial charge in [0.05, 0.1) is 11.6 Å². The summed E-state index contributed by atoms with van der Waals surface area (Å²) < 4.78 is 14.7. The highest BCUT2D eigenvalue weighted by Crippen LogP contribution is 2.46.